The summed E-state index contributed by atoms with van der Waals surface area (Å²) >= 11 is 3.39. The minimum Gasteiger partial charge on any atom is -0.398 e. The van der Waals surface area contributed by atoms with Crippen LogP contribution in [0.4, 0.5) is 5.69 Å². The predicted molar refractivity (Wildman–Crippen MR) is 84.3 cm³/mol. The molecule has 0 saturated carbocycles. The van der Waals surface area contributed by atoms with E-state index in [4.69, 9.17) is 15.2 Å². The average Bonchev–Trinajstić information content (AvgIpc) is 2.50. The van der Waals surface area contributed by atoms with Gasteiger partial charge >= 0.3 is 0 Å². The van der Waals surface area contributed by atoms with Crippen LogP contribution < -0.4 is 5.73 Å². The molecule has 4 nitrogen and oxygen atoms in total. The summed E-state index contributed by atoms with van der Waals surface area (Å²) in [6.07, 6.45) is 3.38. The second-order valence-corrected chi connectivity index (χ2v) is 6.79. The van der Waals surface area contributed by atoms with Crippen molar-refractivity contribution in [2.24, 2.45) is 5.92 Å². The number of benzene rings is 1. The van der Waals surface area contributed by atoms with Gasteiger partial charge in [0.2, 0.25) is 0 Å². The zero-order valence-electron chi connectivity index (χ0n) is 11.9. The highest BCUT2D eigenvalue weighted by molar-refractivity contribution is 9.10. The fraction of sp³-hybridized carbons (Fsp3) is 0.562. The van der Waals surface area contributed by atoms with Gasteiger partial charge in [-0.05, 0) is 59.8 Å². The summed E-state index contributed by atoms with van der Waals surface area (Å²) in [6.45, 7) is 2.12. The number of hydrogen-bond donors (Lipinski definition) is 1. The molecule has 0 radical (unpaired) electrons. The summed E-state index contributed by atoms with van der Waals surface area (Å²) in [5, 5.41) is 0. The molecule has 3 rings (SSSR count). The second-order valence-electron chi connectivity index (χ2n) is 5.93. The third-order valence-electron chi connectivity index (χ3n) is 4.55. The minimum atomic E-state index is -0.151. The Bertz CT molecular complexity index is 535. The van der Waals surface area contributed by atoms with Crippen LogP contribution in [0, 0.1) is 5.92 Å². The second kappa shape index (κ2) is 6.07. The molecule has 2 heterocycles. The average molecular weight is 354 g/mol. The first-order chi connectivity index (χ1) is 10.1. The normalized spacial score (nSPS) is 24.9. The van der Waals surface area contributed by atoms with Crippen molar-refractivity contribution >= 4 is 27.4 Å². The maximum Gasteiger partial charge on any atom is 0.166 e. The summed E-state index contributed by atoms with van der Waals surface area (Å²) < 4.78 is 12.2. The molecule has 0 aromatic heterocycles. The Morgan fingerprint density at radius 1 is 1.29 bits per heavy atom. The lowest BCUT2D eigenvalue weighted by molar-refractivity contribution is -0.142. The molecule has 1 aromatic carbocycles. The van der Waals surface area contributed by atoms with Crippen molar-refractivity contribution in [1.29, 1.82) is 0 Å². The molecule has 5 heteroatoms. The number of carbonyl (C=O) groups is 1. The lowest BCUT2D eigenvalue weighted by atomic mass is 9.78. The number of ketones is 1. The molecule has 1 atom stereocenters. The Morgan fingerprint density at radius 3 is 2.76 bits per heavy atom. The molecule has 1 spiro atoms. The zero-order chi connectivity index (χ0) is 14.9. The number of nitrogens with two attached hydrogens (primary N) is 1. The smallest absolute Gasteiger partial charge is 0.166 e. The van der Waals surface area contributed by atoms with Crippen LogP contribution >= 0.6 is 15.9 Å². The topological polar surface area (TPSA) is 61.6 Å². The number of halogens is 1. The number of carbonyl (C=O) groups excluding carboxylic acids is 1. The summed E-state index contributed by atoms with van der Waals surface area (Å²) in [7, 11) is 0. The Kier molecular flexibility index (Phi) is 4.33. The molecular formula is C16H20BrNO3. The van der Waals surface area contributed by atoms with Gasteiger partial charge in [0.1, 0.15) is 0 Å². The quantitative estimate of drug-likeness (QED) is 0.655. The monoisotopic (exact) mass is 353 g/mol. The molecule has 0 bridgehead atoms. The van der Waals surface area contributed by atoms with E-state index < -0.39 is 0 Å². The van der Waals surface area contributed by atoms with Crippen LogP contribution in [0.2, 0.25) is 0 Å². The first-order valence-corrected chi connectivity index (χ1v) is 8.20. The highest BCUT2D eigenvalue weighted by Gasteiger charge is 2.41. The third-order valence-corrected chi connectivity index (χ3v) is 5.24. The molecule has 1 unspecified atom stereocenters. The first kappa shape index (κ1) is 15.0. The van der Waals surface area contributed by atoms with E-state index in [0.29, 0.717) is 12.3 Å². The molecule has 1 aromatic rings. The fourth-order valence-corrected chi connectivity index (χ4v) is 3.64. The molecular weight excluding hydrogens is 334 g/mol. The van der Waals surface area contributed by atoms with Crippen molar-refractivity contribution in [3.8, 4) is 0 Å². The first-order valence-electron chi connectivity index (χ1n) is 7.41. The van der Waals surface area contributed by atoms with E-state index in [0.717, 1.165) is 48.9 Å². The van der Waals surface area contributed by atoms with E-state index in [1.165, 1.54) is 0 Å². The van der Waals surface area contributed by atoms with E-state index >= 15 is 0 Å². The van der Waals surface area contributed by atoms with Gasteiger partial charge in [0.05, 0.1) is 5.60 Å². The van der Waals surface area contributed by atoms with Crippen molar-refractivity contribution in [3.05, 3.63) is 28.2 Å². The molecule has 2 aliphatic heterocycles. The Balaban J connectivity index is 1.76. The van der Waals surface area contributed by atoms with Crippen molar-refractivity contribution in [1.82, 2.24) is 0 Å². The Morgan fingerprint density at radius 2 is 2.05 bits per heavy atom. The van der Waals surface area contributed by atoms with Gasteiger partial charge in [-0.1, -0.05) is 0 Å². The number of hydrogen-bond acceptors (Lipinski definition) is 4. The van der Waals surface area contributed by atoms with Crippen molar-refractivity contribution in [2.45, 2.75) is 31.3 Å². The van der Waals surface area contributed by atoms with Gasteiger partial charge in [0.15, 0.2) is 5.78 Å². The molecule has 0 aliphatic carbocycles. The van der Waals surface area contributed by atoms with E-state index in [9.17, 15) is 4.79 Å². The highest BCUT2D eigenvalue weighted by atomic mass is 79.9. The number of Topliss-reactive ketones (excluding diaryl/α,β-unsaturated/α-hetero) is 1. The predicted octanol–water partition coefficient (Wildman–Crippen LogP) is 3.19. The molecule has 2 aliphatic rings. The van der Waals surface area contributed by atoms with E-state index in [2.05, 4.69) is 15.9 Å². The summed E-state index contributed by atoms with van der Waals surface area (Å²) in [4.78, 5) is 12.7. The van der Waals surface area contributed by atoms with Crippen LogP contribution in [0.15, 0.2) is 22.7 Å². The van der Waals surface area contributed by atoms with E-state index in [-0.39, 0.29) is 17.3 Å². The number of nitrogen functional groups attached to an aromatic ring is 1. The van der Waals surface area contributed by atoms with Gasteiger partial charge in [-0.15, -0.1) is 0 Å². The Hall–Kier alpha value is -0.910. The van der Waals surface area contributed by atoms with Crippen molar-refractivity contribution in [2.75, 3.05) is 25.6 Å². The summed E-state index contributed by atoms with van der Waals surface area (Å²) in [5.41, 5.74) is 7.02. The van der Waals surface area contributed by atoms with Gasteiger partial charge < -0.3 is 15.2 Å². The van der Waals surface area contributed by atoms with Crippen molar-refractivity contribution in [3.63, 3.8) is 0 Å². The zero-order valence-corrected chi connectivity index (χ0v) is 13.5. The fourth-order valence-electron chi connectivity index (χ4n) is 3.26. The summed E-state index contributed by atoms with van der Waals surface area (Å²) in [5.74, 6) is 0.234. The van der Waals surface area contributed by atoms with Gasteiger partial charge in [-0.25, -0.2) is 0 Å². The van der Waals surface area contributed by atoms with Crippen LogP contribution in [0.25, 0.3) is 0 Å². The van der Waals surface area contributed by atoms with Gasteiger partial charge in [-0.3, -0.25) is 4.79 Å². The maximum absolute atomic E-state index is 12.7. The third kappa shape index (κ3) is 3.15. The van der Waals surface area contributed by atoms with Crippen LogP contribution in [0.3, 0.4) is 0 Å². The molecule has 21 heavy (non-hydrogen) atoms. The largest absolute Gasteiger partial charge is 0.398 e. The molecule has 2 fully saturated rings. The standard InChI is InChI=1S/C16H20BrNO3/c17-13-9-11(1-2-14(13)18)15(19)12-3-6-21-16(10-12)4-7-20-8-5-16/h1-2,9,12H,3-8,10,18H2. The maximum atomic E-state index is 12.7. The van der Waals surface area contributed by atoms with Crippen LogP contribution in [0.1, 0.15) is 36.0 Å². The number of anilines is 1. The molecule has 2 saturated heterocycles. The van der Waals surface area contributed by atoms with Crippen LogP contribution in [0.5, 0.6) is 0 Å². The lowest BCUT2D eigenvalue weighted by Gasteiger charge is -2.42. The molecule has 0 amide bonds. The highest BCUT2D eigenvalue weighted by Crippen LogP contribution is 2.38. The van der Waals surface area contributed by atoms with Crippen LogP contribution in [-0.4, -0.2) is 31.2 Å². The number of rotatable bonds is 2. The van der Waals surface area contributed by atoms with Gasteiger partial charge in [0, 0.05) is 41.5 Å². The molecule has 2 N–H and O–H groups in total. The van der Waals surface area contributed by atoms with Crippen LogP contribution in [-0.2, 0) is 9.47 Å². The Labute approximate surface area is 133 Å². The van der Waals surface area contributed by atoms with Crippen molar-refractivity contribution < 1.29 is 14.3 Å². The summed E-state index contributed by atoms with van der Waals surface area (Å²) in [6, 6.07) is 5.42. The SMILES string of the molecule is Nc1ccc(C(=O)C2CCOC3(CCOCC3)C2)cc1Br. The molecule has 114 valence electrons. The minimum absolute atomic E-state index is 0.0346. The lowest BCUT2D eigenvalue weighted by Crippen LogP contribution is -2.45. The number of ether oxygens (including phenoxy) is 2. The van der Waals surface area contributed by atoms with Gasteiger partial charge in [-0.2, -0.15) is 0 Å². The van der Waals surface area contributed by atoms with E-state index in [1.807, 2.05) is 12.1 Å². The van der Waals surface area contributed by atoms with E-state index in [1.54, 1.807) is 6.07 Å². The van der Waals surface area contributed by atoms with Gasteiger partial charge in [0.25, 0.3) is 0 Å².